The molecule has 0 aliphatic rings. The van der Waals surface area contributed by atoms with Crippen molar-refractivity contribution in [3.63, 3.8) is 0 Å². The minimum atomic E-state index is -4.68. The highest BCUT2D eigenvalue weighted by Crippen LogP contribution is 2.50. The van der Waals surface area contributed by atoms with Crippen LogP contribution in [-0.2, 0) is 10.4 Å². The number of benzene rings is 2. The lowest BCUT2D eigenvalue weighted by molar-refractivity contribution is 0.384. The quantitative estimate of drug-likeness (QED) is 0.490. The molecular formula is C24H34O4S. The average molecular weight is 419 g/mol. The first kappa shape index (κ1) is 23.4. The second-order valence-corrected chi connectivity index (χ2v) is 9.88. The van der Waals surface area contributed by atoms with Gasteiger partial charge >= 0.3 is 10.4 Å². The Bertz CT molecular complexity index is 956. The van der Waals surface area contributed by atoms with Gasteiger partial charge in [0.2, 0.25) is 0 Å². The van der Waals surface area contributed by atoms with E-state index >= 15 is 0 Å². The van der Waals surface area contributed by atoms with Gasteiger partial charge in [-0.15, -0.1) is 0 Å². The maximum Gasteiger partial charge on any atom is 0.446 e. The van der Waals surface area contributed by atoms with Crippen molar-refractivity contribution in [3.8, 4) is 16.9 Å². The van der Waals surface area contributed by atoms with Gasteiger partial charge in [0.1, 0.15) is 0 Å². The van der Waals surface area contributed by atoms with Gasteiger partial charge < -0.3 is 4.18 Å². The van der Waals surface area contributed by atoms with Crippen LogP contribution >= 0.6 is 0 Å². The molecule has 0 spiro atoms. The summed E-state index contributed by atoms with van der Waals surface area (Å²) in [5, 5.41) is 0. The summed E-state index contributed by atoms with van der Waals surface area (Å²) in [6.07, 6.45) is 0. The van der Waals surface area contributed by atoms with Gasteiger partial charge in [0.15, 0.2) is 5.75 Å². The van der Waals surface area contributed by atoms with Crippen LogP contribution in [0, 0.1) is 0 Å². The van der Waals surface area contributed by atoms with Crippen LogP contribution in [0.5, 0.6) is 5.75 Å². The number of rotatable bonds is 7. The third-order valence-electron chi connectivity index (χ3n) is 5.17. The van der Waals surface area contributed by atoms with E-state index in [9.17, 15) is 13.0 Å². The maximum atomic E-state index is 11.9. The Balaban J connectivity index is 3.22. The van der Waals surface area contributed by atoms with E-state index in [4.69, 9.17) is 4.18 Å². The summed E-state index contributed by atoms with van der Waals surface area (Å²) in [5.74, 6) is 0.848. The zero-order valence-corrected chi connectivity index (χ0v) is 19.6. The Labute approximate surface area is 176 Å². The molecule has 0 bridgehead atoms. The third-order valence-corrected chi connectivity index (χ3v) is 5.55. The van der Waals surface area contributed by atoms with Gasteiger partial charge in [-0.1, -0.05) is 85.7 Å². The van der Waals surface area contributed by atoms with E-state index in [1.165, 1.54) is 5.56 Å². The Morgan fingerprint density at radius 3 is 1.48 bits per heavy atom. The van der Waals surface area contributed by atoms with Crippen LogP contribution in [0.2, 0.25) is 0 Å². The SMILES string of the molecule is CC(C)c1c(OS(=O)(=O)O)c(-c2ccccc2)c(C(C)C)c(C(C)C)c1C(C)C. The van der Waals surface area contributed by atoms with Crippen molar-refractivity contribution < 1.29 is 17.2 Å². The van der Waals surface area contributed by atoms with Crippen molar-refractivity contribution >= 4 is 10.4 Å². The second-order valence-electron chi connectivity index (χ2n) is 8.85. The highest BCUT2D eigenvalue weighted by molar-refractivity contribution is 7.81. The highest BCUT2D eigenvalue weighted by Gasteiger charge is 2.32. The summed E-state index contributed by atoms with van der Waals surface area (Å²) in [6.45, 7) is 16.9. The van der Waals surface area contributed by atoms with Gasteiger partial charge in [-0.25, -0.2) is 0 Å². The molecule has 2 aromatic carbocycles. The molecule has 1 N–H and O–H groups in total. The lowest BCUT2D eigenvalue weighted by atomic mass is 9.74. The Kier molecular flexibility index (Phi) is 7.18. The molecule has 0 radical (unpaired) electrons. The van der Waals surface area contributed by atoms with Crippen LogP contribution in [-0.4, -0.2) is 13.0 Å². The van der Waals surface area contributed by atoms with Crippen LogP contribution < -0.4 is 4.18 Å². The van der Waals surface area contributed by atoms with Crippen molar-refractivity contribution in [3.05, 3.63) is 52.6 Å². The van der Waals surface area contributed by atoms with Crippen molar-refractivity contribution in [2.45, 2.75) is 79.1 Å². The van der Waals surface area contributed by atoms with E-state index < -0.39 is 10.4 Å². The van der Waals surface area contributed by atoms with Crippen LogP contribution in [0.3, 0.4) is 0 Å². The monoisotopic (exact) mass is 418 g/mol. The van der Waals surface area contributed by atoms with Gasteiger partial charge in [0.25, 0.3) is 0 Å². The van der Waals surface area contributed by atoms with E-state index in [0.29, 0.717) is 0 Å². The van der Waals surface area contributed by atoms with E-state index in [0.717, 1.165) is 27.8 Å². The molecule has 0 fully saturated rings. The molecule has 2 aromatic rings. The molecule has 29 heavy (non-hydrogen) atoms. The fraction of sp³-hybridized carbons (Fsp3) is 0.500. The fourth-order valence-electron chi connectivity index (χ4n) is 4.30. The molecule has 0 amide bonds. The minimum Gasteiger partial charge on any atom is -0.361 e. The van der Waals surface area contributed by atoms with Gasteiger partial charge in [0.05, 0.1) is 0 Å². The van der Waals surface area contributed by atoms with Gasteiger partial charge in [0, 0.05) is 11.1 Å². The summed E-state index contributed by atoms with van der Waals surface area (Å²) in [5.41, 5.74) is 5.95. The molecule has 0 saturated heterocycles. The molecule has 4 nitrogen and oxygen atoms in total. The summed E-state index contributed by atoms with van der Waals surface area (Å²) < 4.78 is 38.7. The molecule has 0 atom stereocenters. The predicted octanol–water partition coefficient (Wildman–Crippen LogP) is 7.03. The molecule has 2 rings (SSSR count). The largest absolute Gasteiger partial charge is 0.446 e. The van der Waals surface area contributed by atoms with E-state index in [1.54, 1.807) is 0 Å². The van der Waals surface area contributed by atoms with Crippen LogP contribution in [0.25, 0.3) is 11.1 Å². The lowest BCUT2D eigenvalue weighted by Crippen LogP contribution is -2.17. The summed E-state index contributed by atoms with van der Waals surface area (Å²) in [6, 6.07) is 9.70. The smallest absolute Gasteiger partial charge is 0.361 e. The van der Waals surface area contributed by atoms with E-state index in [2.05, 4.69) is 41.5 Å². The first-order valence-corrected chi connectivity index (χ1v) is 11.7. The predicted molar refractivity (Wildman–Crippen MR) is 120 cm³/mol. The first-order chi connectivity index (χ1) is 13.4. The summed E-state index contributed by atoms with van der Waals surface area (Å²) in [4.78, 5) is 0. The van der Waals surface area contributed by atoms with Crippen molar-refractivity contribution in [2.24, 2.45) is 0 Å². The molecule has 0 aliphatic carbocycles. The average Bonchev–Trinajstić information content (AvgIpc) is 2.58. The van der Waals surface area contributed by atoms with Crippen molar-refractivity contribution in [1.29, 1.82) is 0 Å². The van der Waals surface area contributed by atoms with Crippen molar-refractivity contribution in [1.82, 2.24) is 0 Å². The lowest BCUT2D eigenvalue weighted by Gasteiger charge is -2.32. The van der Waals surface area contributed by atoms with Crippen LogP contribution in [0.15, 0.2) is 30.3 Å². The normalized spacial score (nSPS) is 12.4. The Hall–Kier alpha value is -1.85. The molecular weight excluding hydrogens is 384 g/mol. The molecule has 160 valence electrons. The Morgan fingerprint density at radius 2 is 1.10 bits per heavy atom. The highest BCUT2D eigenvalue weighted by atomic mass is 32.3. The standard InChI is InChI=1S/C24H34O4S/c1-14(2)19-20(15(3)4)22(17(7)8)24(28-29(25,26)27)23(21(19)16(5)6)18-12-10-9-11-13-18/h9-17H,1-8H3,(H,25,26,27). The number of hydrogen-bond donors (Lipinski definition) is 1. The topological polar surface area (TPSA) is 63.6 Å². The van der Waals surface area contributed by atoms with Crippen LogP contribution in [0.4, 0.5) is 0 Å². The fourth-order valence-corrected chi connectivity index (χ4v) is 4.69. The van der Waals surface area contributed by atoms with E-state index in [-0.39, 0.29) is 29.4 Å². The maximum absolute atomic E-state index is 11.9. The first-order valence-electron chi connectivity index (χ1n) is 10.3. The molecule has 0 unspecified atom stereocenters. The molecule has 0 aromatic heterocycles. The second kappa shape index (κ2) is 8.88. The van der Waals surface area contributed by atoms with E-state index in [1.807, 2.05) is 44.2 Å². The van der Waals surface area contributed by atoms with Gasteiger partial charge in [-0.2, -0.15) is 8.42 Å². The van der Waals surface area contributed by atoms with Gasteiger partial charge in [-0.05, 0) is 45.9 Å². The molecule has 0 aliphatic heterocycles. The Morgan fingerprint density at radius 1 is 0.690 bits per heavy atom. The third kappa shape index (κ3) is 5.01. The summed E-state index contributed by atoms with van der Waals surface area (Å²) in [7, 11) is -4.68. The zero-order valence-electron chi connectivity index (χ0n) is 18.8. The van der Waals surface area contributed by atoms with Crippen LogP contribution in [0.1, 0.15) is 101 Å². The minimum absolute atomic E-state index is 0.0188. The zero-order chi connectivity index (χ0) is 22.1. The van der Waals surface area contributed by atoms with Gasteiger partial charge in [-0.3, -0.25) is 4.55 Å². The summed E-state index contributed by atoms with van der Waals surface area (Å²) >= 11 is 0. The molecule has 0 saturated carbocycles. The molecule has 5 heteroatoms. The number of hydrogen-bond acceptors (Lipinski definition) is 3. The molecule has 0 heterocycles. The van der Waals surface area contributed by atoms with Crippen molar-refractivity contribution in [2.75, 3.05) is 0 Å².